The predicted molar refractivity (Wildman–Crippen MR) is 150 cm³/mol. The van der Waals surface area contributed by atoms with Crippen LogP contribution in [0.1, 0.15) is 41.6 Å². The molecule has 0 fully saturated rings. The molecule has 0 radical (unpaired) electrons. The highest BCUT2D eigenvalue weighted by atomic mass is 32.1. The summed E-state index contributed by atoms with van der Waals surface area (Å²) in [6, 6.07) is 21.1. The Hall–Kier alpha value is -4.43. The van der Waals surface area contributed by atoms with Gasteiger partial charge in [0, 0.05) is 18.1 Å². The van der Waals surface area contributed by atoms with Crippen LogP contribution in [0.3, 0.4) is 0 Å². The van der Waals surface area contributed by atoms with Gasteiger partial charge in [0.25, 0.3) is 5.56 Å². The summed E-state index contributed by atoms with van der Waals surface area (Å²) >= 11 is 1.35. The largest absolute Gasteiger partial charge is 0.496 e. The smallest absolute Gasteiger partial charge is 0.308 e. The monoisotopic (exact) mass is 538 g/mol. The average Bonchev–Trinajstić information content (AvgIpc) is 3.26. The van der Waals surface area contributed by atoms with E-state index in [9.17, 15) is 9.59 Å². The number of hydrogen-bond donors (Lipinski definition) is 0. The van der Waals surface area contributed by atoms with E-state index in [1.165, 1.54) is 30.9 Å². The Balaban J connectivity index is 1.57. The van der Waals surface area contributed by atoms with Crippen LogP contribution in [0.4, 0.5) is 0 Å². The summed E-state index contributed by atoms with van der Waals surface area (Å²) < 4.78 is 18.7. The molecule has 1 aliphatic carbocycles. The summed E-state index contributed by atoms with van der Waals surface area (Å²) in [4.78, 5) is 31.1. The number of benzene rings is 3. The molecule has 0 N–H and O–H groups in total. The van der Waals surface area contributed by atoms with Crippen LogP contribution in [0.25, 0.3) is 11.8 Å². The lowest BCUT2D eigenvalue weighted by atomic mass is 9.83. The molecule has 3 aromatic carbocycles. The van der Waals surface area contributed by atoms with Crippen LogP contribution in [-0.2, 0) is 11.2 Å². The van der Waals surface area contributed by atoms with E-state index in [1.807, 2.05) is 36.4 Å². The lowest BCUT2D eigenvalue weighted by Crippen LogP contribution is -2.39. The van der Waals surface area contributed by atoms with Gasteiger partial charge in [0.1, 0.15) is 5.75 Å². The summed E-state index contributed by atoms with van der Waals surface area (Å²) in [5.41, 5.74) is 5.98. The zero-order valence-corrected chi connectivity index (χ0v) is 22.6. The van der Waals surface area contributed by atoms with Crippen molar-refractivity contribution in [3.05, 3.63) is 114 Å². The van der Waals surface area contributed by atoms with Gasteiger partial charge in [-0.05, 0) is 53.8 Å². The number of ether oxygens (including phenoxy) is 3. The van der Waals surface area contributed by atoms with Gasteiger partial charge in [-0.25, -0.2) is 4.99 Å². The molecule has 39 heavy (non-hydrogen) atoms. The number of aryl methyl sites for hydroxylation is 1. The van der Waals surface area contributed by atoms with Crippen molar-refractivity contribution < 1.29 is 19.0 Å². The number of hydrogen-bond acceptors (Lipinski definition) is 7. The summed E-state index contributed by atoms with van der Waals surface area (Å²) in [6.45, 7) is 1.34. The molecule has 1 aliphatic heterocycles. The number of fused-ring (bicyclic) bond motifs is 3. The first-order valence-corrected chi connectivity index (χ1v) is 13.4. The fourth-order valence-electron chi connectivity index (χ4n) is 5.36. The van der Waals surface area contributed by atoms with E-state index in [0.717, 1.165) is 46.6 Å². The second kappa shape index (κ2) is 10.0. The summed E-state index contributed by atoms with van der Waals surface area (Å²) in [7, 11) is 3.16. The molecule has 2 aliphatic rings. The van der Waals surface area contributed by atoms with Crippen LogP contribution in [0.2, 0.25) is 0 Å². The fraction of sp³-hybridized carbons (Fsp3) is 0.194. The van der Waals surface area contributed by atoms with E-state index in [-0.39, 0.29) is 11.6 Å². The van der Waals surface area contributed by atoms with E-state index in [4.69, 9.17) is 19.2 Å². The number of nitrogens with zero attached hydrogens (tertiary/aromatic N) is 2. The molecule has 1 aromatic heterocycles. The van der Waals surface area contributed by atoms with Crippen molar-refractivity contribution in [1.82, 2.24) is 4.57 Å². The minimum atomic E-state index is -0.434. The van der Waals surface area contributed by atoms with Gasteiger partial charge in [0.2, 0.25) is 0 Å². The molecule has 4 aromatic rings. The second-order valence-electron chi connectivity index (χ2n) is 9.36. The summed E-state index contributed by atoms with van der Waals surface area (Å²) in [5, 5.41) is 0. The molecule has 7 nitrogen and oxygen atoms in total. The maximum Gasteiger partial charge on any atom is 0.308 e. The van der Waals surface area contributed by atoms with Crippen molar-refractivity contribution in [2.75, 3.05) is 14.2 Å². The molecule has 0 spiro atoms. The van der Waals surface area contributed by atoms with E-state index < -0.39 is 5.97 Å². The maximum absolute atomic E-state index is 14.0. The van der Waals surface area contributed by atoms with Gasteiger partial charge in [0.15, 0.2) is 16.3 Å². The lowest BCUT2D eigenvalue weighted by Gasteiger charge is -2.31. The molecule has 0 saturated heterocycles. The van der Waals surface area contributed by atoms with Gasteiger partial charge in [-0.3, -0.25) is 14.2 Å². The summed E-state index contributed by atoms with van der Waals surface area (Å²) in [6.07, 6.45) is 3.51. The van der Waals surface area contributed by atoms with Crippen LogP contribution in [-0.4, -0.2) is 24.8 Å². The number of para-hydroxylation sites is 1. The van der Waals surface area contributed by atoms with Crippen molar-refractivity contribution in [3.8, 4) is 17.2 Å². The number of aromatic nitrogens is 1. The Morgan fingerprint density at radius 1 is 0.974 bits per heavy atom. The molecule has 1 atom stereocenters. The number of allylic oxidation sites excluding steroid dienone is 1. The van der Waals surface area contributed by atoms with Gasteiger partial charge >= 0.3 is 5.97 Å². The highest BCUT2D eigenvalue weighted by Crippen LogP contribution is 2.43. The Bertz CT molecular complexity index is 1830. The number of esters is 1. The van der Waals surface area contributed by atoms with Crippen LogP contribution < -0.4 is 29.1 Å². The van der Waals surface area contributed by atoms with Gasteiger partial charge in [-0.15, -0.1) is 0 Å². The fourth-order valence-corrected chi connectivity index (χ4v) is 6.36. The molecule has 6 rings (SSSR count). The van der Waals surface area contributed by atoms with Crippen molar-refractivity contribution in [3.63, 3.8) is 0 Å². The van der Waals surface area contributed by atoms with E-state index >= 15 is 0 Å². The average molecular weight is 539 g/mol. The third kappa shape index (κ3) is 4.36. The van der Waals surface area contributed by atoms with E-state index in [0.29, 0.717) is 20.8 Å². The third-order valence-corrected chi connectivity index (χ3v) is 8.03. The molecule has 2 heterocycles. The molecule has 0 amide bonds. The quantitative estimate of drug-likeness (QED) is 0.280. The van der Waals surface area contributed by atoms with Crippen LogP contribution >= 0.6 is 11.3 Å². The van der Waals surface area contributed by atoms with Gasteiger partial charge in [-0.1, -0.05) is 59.9 Å². The Labute approximate surface area is 228 Å². The number of carbonyl (C=O) groups excluding carboxylic acids is 1. The van der Waals surface area contributed by atoms with E-state index in [1.54, 1.807) is 29.9 Å². The molecule has 0 bridgehead atoms. The van der Waals surface area contributed by atoms with Crippen LogP contribution in [0.15, 0.2) is 82.1 Å². The number of rotatable bonds is 5. The van der Waals surface area contributed by atoms with Crippen LogP contribution in [0, 0.1) is 0 Å². The Kier molecular flexibility index (Phi) is 6.40. The molecule has 196 valence electrons. The van der Waals surface area contributed by atoms with Gasteiger partial charge < -0.3 is 14.2 Å². The number of carbonyl (C=O) groups is 1. The van der Waals surface area contributed by atoms with Crippen LogP contribution in [0.5, 0.6) is 17.2 Å². The summed E-state index contributed by atoms with van der Waals surface area (Å²) in [5.74, 6) is 1.03. The SMILES string of the molecule is COc1cc(/C=c2\sc3n(c2=O)[C@@H](c2ccccc2OC)C2=C(N=3)c3ccccc3CC2)ccc1OC(C)=O. The minimum absolute atomic E-state index is 0.122. The normalized spacial score (nSPS) is 16.1. The number of thiazole rings is 1. The second-order valence-corrected chi connectivity index (χ2v) is 10.4. The van der Waals surface area contributed by atoms with Crippen molar-refractivity contribution in [2.45, 2.75) is 25.8 Å². The molecule has 8 heteroatoms. The Morgan fingerprint density at radius 2 is 1.74 bits per heavy atom. The zero-order valence-electron chi connectivity index (χ0n) is 21.8. The van der Waals surface area contributed by atoms with Gasteiger partial charge in [0.05, 0.1) is 30.5 Å². The standard InChI is InChI=1S/C31H26N2O5S/c1-18(34)38-25-15-12-19(16-26(25)37-3)17-27-30(35)33-29(22-10-6-7-11-24(22)36-2)23-14-13-20-8-4-5-9-21(20)28(23)32-31(33)39-27/h4-12,15-17,29H,13-14H2,1-3H3/b27-17-/t29-/m0/s1. The first kappa shape index (κ1) is 24.9. The highest BCUT2D eigenvalue weighted by Gasteiger charge is 2.34. The van der Waals surface area contributed by atoms with Crippen molar-refractivity contribution in [2.24, 2.45) is 4.99 Å². The minimum Gasteiger partial charge on any atom is -0.496 e. The first-order valence-electron chi connectivity index (χ1n) is 12.6. The molecular weight excluding hydrogens is 512 g/mol. The molecule has 0 unspecified atom stereocenters. The van der Waals surface area contributed by atoms with Gasteiger partial charge in [-0.2, -0.15) is 0 Å². The predicted octanol–water partition coefficient (Wildman–Crippen LogP) is 4.26. The van der Waals surface area contributed by atoms with E-state index in [2.05, 4.69) is 18.2 Å². The lowest BCUT2D eigenvalue weighted by molar-refractivity contribution is -0.132. The van der Waals surface area contributed by atoms with Crippen molar-refractivity contribution in [1.29, 1.82) is 0 Å². The molecule has 0 saturated carbocycles. The third-order valence-electron chi connectivity index (χ3n) is 7.05. The highest BCUT2D eigenvalue weighted by molar-refractivity contribution is 7.07. The zero-order chi connectivity index (χ0) is 27.1. The maximum atomic E-state index is 14.0. The van der Waals surface area contributed by atoms with Crippen molar-refractivity contribution >= 4 is 29.1 Å². The number of methoxy groups -OCH3 is 2. The Morgan fingerprint density at radius 3 is 2.54 bits per heavy atom. The first-order chi connectivity index (χ1) is 19.0. The molecular formula is C31H26N2O5S. The topological polar surface area (TPSA) is 79.1 Å².